The van der Waals surface area contributed by atoms with Crippen LogP contribution in [0.1, 0.15) is 16.1 Å². The monoisotopic (exact) mass is 351 g/mol. The van der Waals surface area contributed by atoms with Crippen molar-refractivity contribution in [3.05, 3.63) is 59.8 Å². The van der Waals surface area contributed by atoms with E-state index in [1.165, 1.54) is 14.2 Å². The number of benzene rings is 2. The summed E-state index contributed by atoms with van der Waals surface area (Å²) in [5.74, 6) is -0.211. The van der Waals surface area contributed by atoms with Crippen LogP contribution < -0.4 is 5.32 Å². The Bertz CT molecular complexity index is 955. The molecule has 0 saturated heterocycles. The zero-order chi connectivity index (χ0) is 18.5. The molecule has 0 amide bonds. The van der Waals surface area contributed by atoms with Gasteiger partial charge in [-0.2, -0.15) is 5.10 Å². The van der Waals surface area contributed by atoms with Crippen molar-refractivity contribution in [2.75, 3.05) is 19.5 Å². The Morgan fingerprint density at radius 2 is 1.62 bits per heavy atom. The Balaban J connectivity index is 1.92. The lowest BCUT2D eigenvalue weighted by Crippen LogP contribution is -2.09. The van der Waals surface area contributed by atoms with Crippen molar-refractivity contribution in [1.82, 2.24) is 10.2 Å². The van der Waals surface area contributed by atoms with Gasteiger partial charge < -0.3 is 14.8 Å². The molecule has 0 aliphatic carbocycles. The second-order valence-corrected chi connectivity index (χ2v) is 5.49. The van der Waals surface area contributed by atoms with E-state index in [0.717, 1.165) is 16.5 Å². The summed E-state index contributed by atoms with van der Waals surface area (Å²) < 4.78 is 9.40. The molecule has 0 aliphatic rings. The molecule has 26 heavy (non-hydrogen) atoms. The van der Waals surface area contributed by atoms with E-state index in [4.69, 9.17) is 4.74 Å². The first-order valence-corrected chi connectivity index (χ1v) is 7.89. The van der Waals surface area contributed by atoms with Crippen LogP contribution in [0.15, 0.2) is 48.5 Å². The van der Waals surface area contributed by atoms with Crippen molar-refractivity contribution in [3.8, 4) is 0 Å². The minimum atomic E-state index is -0.394. The summed E-state index contributed by atoms with van der Waals surface area (Å²) in [6.45, 7) is 0. The Hall–Kier alpha value is -3.48. The number of carbonyl (C=O) groups is 2. The van der Waals surface area contributed by atoms with E-state index in [-0.39, 0.29) is 12.4 Å². The van der Waals surface area contributed by atoms with Gasteiger partial charge in [0.2, 0.25) is 0 Å². The van der Waals surface area contributed by atoms with E-state index in [0.29, 0.717) is 17.1 Å². The van der Waals surface area contributed by atoms with E-state index in [1.54, 1.807) is 24.3 Å². The molecule has 132 valence electrons. The van der Waals surface area contributed by atoms with Crippen LogP contribution in [0.5, 0.6) is 0 Å². The first-order chi connectivity index (χ1) is 12.6. The van der Waals surface area contributed by atoms with E-state index >= 15 is 0 Å². The topological polar surface area (TPSA) is 90.4 Å². The third kappa shape index (κ3) is 3.61. The molecule has 0 radical (unpaired) electrons. The molecule has 3 rings (SSSR count). The van der Waals surface area contributed by atoms with Crippen molar-refractivity contribution < 1.29 is 19.1 Å². The molecular weight excluding hydrogens is 334 g/mol. The number of carbonyl (C=O) groups excluding carboxylic acids is 2. The highest BCUT2D eigenvalue weighted by atomic mass is 16.5. The largest absolute Gasteiger partial charge is 0.469 e. The summed E-state index contributed by atoms with van der Waals surface area (Å²) >= 11 is 0. The first kappa shape index (κ1) is 17.3. The number of nitrogens with zero attached hydrogens (tertiary/aromatic N) is 2. The number of nitrogens with one attached hydrogen (secondary N) is 1. The molecule has 0 aliphatic heterocycles. The molecule has 0 fully saturated rings. The van der Waals surface area contributed by atoms with Crippen LogP contribution in [-0.2, 0) is 20.7 Å². The third-order valence-corrected chi connectivity index (χ3v) is 3.87. The average molecular weight is 351 g/mol. The van der Waals surface area contributed by atoms with Gasteiger partial charge in [-0.15, -0.1) is 5.10 Å². The molecule has 7 nitrogen and oxygen atoms in total. The van der Waals surface area contributed by atoms with Crippen molar-refractivity contribution in [1.29, 1.82) is 0 Å². The van der Waals surface area contributed by atoms with Gasteiger partial charge in [0.1, 0.15) is 0 Å². The molecule has 2 aromatic carbocycles. The van der Waals surface area contributed by atoms with Crippen molar-refractivity contribution in [3.63, 3.8) is 0 Å². The smallest absolute Gasteiger partial charge is 0.337 e. The maximum Gasteiger partial charge on any atom is 0.337 e. The maximum atomic E-state index is 11.6. The number of ether oxygens (including phenoxy) is 2. The normalized spacial score (nSPS) is 10.4. The summed E-state index contributed by atoms with van der Waals surface area (Å²) in [6.07, 6.45) is 0.0537. The standard InChI is InChI=1S/C19H17N3O4/c1-25-17(23)11-16-14-5-3-4-6-15(14)18(22-21-16)20-13-9-7-12(8-10-13)19(24)26-2/h3-10H,11H2,1-2H3,(H,20,22). The fraction of sp³-hybridized carbons (Fsp3) is 0.158. The second-order valence-electron chi connectivity index (χ2n) is 5.49. The molecule has 0 atom stereocenters. The quantitative estimate of drug-likeness (QED) is 0.707. The number of esters is 2. The summed E-state index contributed by atoms with van der Waals surface area (Å²) in [4.78, 5) is 23.1. The summed E-state index contributed by atoms with van der Waals surface area (Å²) in [5, 5.41) is 13.2. The van der Waals surface area contributed by atoms with E-state index in [2.05, 4.69) is 20.3 Å². The van der Waals surface area contributed by atoms with Gasteiger partial charge >= 0.3 is 11.9 Å². The average Bonchev–Trinajstić information content (AvgIpc) is 2.69. The molecule has 1 N–H and O–H groups in total. The van der Waals surface area contributed by atoms with Crippen LogP contribution in [0.3, 0.4) is 0 Å². The lowest BCUT2D eigenvalue weighted by Gasteiger charge is -2.11. The molecule has 1 heterocycles. The molecule has 0 spiro atoms. The zero-order valence-electron chi connectivity index (χ0n) is 14.4. The molecular formula is C19H17N3O4. The maximum absolute atomic E-state index is 11.6. The number of rotatable bonds is 5. The number of anilines is 2. The fourth-order valence-corrected chi connectivity index (χ4v) is 2.54. The zero-order valence-corrected chi connectivity index (χ0v) is 14.4. The van der Waals surface area contributed by atoms with Gasteiger partial charge in [0.05, 0.1) is 31.9 Å². The Labute approximate surface area is 150 Å². The number of aromatic nitrogens is 2. The SMILES string of the molecule is COC(=O)Cc1nnc(Nc2ccc(C(=O)OC)cc2)c2ccccc12. The van der Waals surface area contributed by atoms with Crippen LogP contribution >= 0.6 is 0 Å². The highest BCUT2D eigenvalue weighted by Gasteiger charge is 2.13. The number of hydrogen-bond acceptors (Lipinski definition) is 7. The Morgan fingerprint density at radius 1 is 0.923 bits per heavy atom. The van der Waals surface area contributed by atoms with Crippen molar-refractivity contribution in [2.24, 2.45) is 0 Å². The van der Waals surface area contributed by atoms with Gasteiger partial charge in [0.15, 0.2) is 5.82 Å². The van der Waals surface area contributed by atoms with E-state index in [9.17, 15) is 9.59 Å². The lowest BCUT2D eigenvalue weighted by atomic mass is 10.1. The summed E-state index contributed by atoms with van der Waals surface area (Å²) in [7, 11) is 2.68. The van der Waals surface area contributed by atoms with Gasteiger partial charge in [-0.25, -0.2) is 4.79 Å². The van der Waals surface area contributed by atoms with Gasteiger partial charge in [-0.1, -0.05) is 24.3 Å². The molecule has 0 saturated carbocycles. The lowest BCUT2D eigenvalue weighted by molar-refractivity contribution is -0.139. The van der Waals surface area contributed by atoms with Crippen LogP contribution in [0.2, 0.25) is 0 Å². The van der Waals surface area contributed by atoms with Gasteiger partial charge in [0, 0.05) is 16.5 Å². The van der Waals surface area contributed by atoms with Gasteiger partial charge in [-0.3, -0.25) is 4.79 Å². The molecule has 1 aromatic heterocycles. The highest BCUT2D eigenvalue weighted by Crippen LogP contribution is 2.26. The van der Waals surface area contributed by atoms with Crippen LogP contribution in [0, 0.1) is 0 Å². The number of methoxy groups -OCH3 is 2. The molecule has 3 aromatic rings. The predicted molar refractivity (Wildman–Crippen MR) is 96.3 cm³/mol. The third-order valence-electron chi connectivity index (χ3n) is 3.87. The molecule has 7 heteroatoms. The summed E-state index contributed by atoms with van der Waals surface area (Å²) in [6, 6.07) is 14.4. The first-order valence-electron chi connectivity index (χ1n) is 7.89. The second kappa shape index (κ2) is 7.60. The van der Waals surface area contributed by atoms with Crippen LogP contribution in [-0.4, -0.2) is 36.4 Å². The van der Waals surface area contributed by atoms with Crippen LogP contribution in [0.25, 0.3) is 10.8 Å². The van der Waals surface area contributed by atoms with Crippen molar-refractivity contribution in [2.45, 2.75) is 6.42 Å². The molecule has 0 bridgehead atoms. The highest BCUT2D eigenvalue weighted by molar-refractivity contribution is 5.96. The van der Waals surface area contributed by atoms with Crippen molar-refractivity contribution >= 4 is 34.2 Å². The fourth-order valence-electron chi connectivity index (χ4n) is 2.54. The summed E-state index contributed by atoms with van der Waals surface area (Å²) in [5.41, 5.74) is 1.76. The molecule has 0 unspecified atom stereocenters. The number of fused-ring (bicyclic) bond motifs is 1. The minimum absolute atomic E-state index is 0.0537. The van der Waals surface area contributed by atoms with Crippen LogP contribution in [0.4, 0.5) is 11.5 Å². The van der Waals surface area contributed by atoms with Gasteiger partial charge in [-0.05, 0) is 24.3 Å². The Morgan fingerprint density at radius 3 is 2.27 bits per heavy atom. The van der Waals surface area contributed by atoms with Gasteiger partial charge in [0.25, 0.3) is 0 Å². The predicted octanol–water partition coefficient (Wildman–Crippen LogP) is 2.88. The Kier molecular flexibility index (Phi) is 5.07. The van der Waals surface area contributed by atoms with E-state index in [1.807, 2.05) is 24.3 Å². The minimum Gasteiger partial charge on any atom is -0.469 e. The van der Waals surface area contributed by atoms with E-state index < -0.39 is 5.97 Å². The number of hydrogen-bond donors (Lipinski definition) is 1.